The summed E-state index contributed by atoms with van der Waals surface area (Å²) in [4.78, 5) is 15.8. The van der Waals surface area contributed by atoms with Gasteiger partial charge in [0.2, 0.25) is 0 Å². The van der Waals surface area contributed by atoms with Gasteiger partial charge in [0.05, 0.1) is 28.3 Å². The van der Waals surface area contributed by atoms with Crippen LogP contribution in [0.3, 0.4) is 0 Å². The number of anilines is 2. The van der Waals surface area contributed by atoms with E-state index in [4.69, 9.17) is 10.00 Å². The molecule has 0 bridgehead atoms. The number of aromatic nitrogens is 1. The molecule has 4 aromatic rings. The Labute approximate surface area is 206 Å². The van der Waals surface area contributed by atoms with E-state index < -0.39 is 35.3 Å². The predicted molar refractivity (Wildman–Crippen MR) is 135 cm³/mol. The lowest BCUT2D eigenvalue weighted by molar-refractivity contribution is 0.0561. The maximum Gasteiger partial charge on any atom is 0.411 e. The number of para-hydroxylation sites is 1. The highest BCUT2D eigenvalue weighted by molar-refractivity contribution is 5.95. The molecule has 1 unspecified atom stereocenters. The fourth-order valence-corrected chi connectivity index (χ4v) is 5.06. The molecule has 6 nitrogen and oxygen atoms in total. The molecule has 2 atom stereocenters. The molecule has 182 valence electrons. The Hall–Kier alpha value is -4.38. The van der Waals surface area contributed by atoms with E-state index in [2.05, 4.69) is 15.6 Å². The highest BCUT2D eigenvalue weighted by atomic mass is 19.1. The van der Waals surface area contributed by atoms with Crippen LogP contribution in [-0.4, -0.2) is 22.7 Å². The maximum atomic E-state index is 16.1. The van der Waals surface area contributed by atoms with Crippen LogP contribution in [0.25, 0.3) is 22.0 Å². The van der Waals surface area contributed by atoms with Crippen LogP contribution in [-0.2, 0) is 4.74 Å². The molecule has 0 spiro atoms. The average molecular weight is 487 g/mol. The largest absolute Gasteiger partial charge is 0.443 e. The van der Waals surface area contributed by atoms with Crippen LogP contribution in [0.1, 0.15) is 37.8 Å². The molecular weight excluding hydrogens is 462 g/mol. The molecule has 0 fully saturated rings. The summed E-state index contributed by atoms with van der Waals surface area (Å²) >= 11 is 0. The molecule has 5 rings (SSSR count). The van der Waals surface area contributed by atoms with Gasteiger partial charge in [-0.25, -0.2) is 13.6 Å². The summed E-state index contributed by atoms with van der Waals surface area (Å²) in [6, 6.07) is 16.8. The number of hydrogen-bond acceptors (Lipinski definition) is 4. The number of hydrogen-bond donors (Lipinski definition) is 3. The van der Waals surface area contributed by atoms with Gasteiger partial charge in [0, 0.05) is 34.6 Å². The van der Waals surface area contributed by atoms with E-state index in [-0.39, 0.29) is 11.1 Å². The van der Waals surface area contributed by atoms with E-state index >= 15 is 8.78 Å². The number of ether oxygens (including phenoxy) is 1. The number of carbonyl (C=O) groups excluding carboxylic acids is 1. The Balaban J connectivity index is 1.50. The molecule has 0 aliphatic carbocycles. The number of amides is 1. The van der Waals surface area contributed by atoms with Crippen LogP contribution in [0.15, 0.2) is 60.8 Å². The number of H-pyrrole nitrogens is 1. The third-order valence-corrected chi connectivity index (χ3v) is 6.68. The SMILES string of the molecule is C[C@H]1c2c(cc(F)c(-c3cccc4cc[nH]c34)c2F)NC(C)(C)C1OC(=O)Nc1ccc(C#N)cc1. The van der Waals surface area contributed by atoms with Crippen LogP contribution >= 0.6 is 0 Å². The molecule has 0 saturated carbocycles. The number of halogens is 2. The van der Waals surface area contributed by atoms with Crippen molar-refractivity contribution >= 4 is 28.4 Å². The summed E-state index contributed by atoms with van der Waals surface area (Å²) in [5.41, 5.74) is 1.63. The van der Waals surface area contributed by atoms with Crippen LogP contribution in [0.4, 0.5) is 25.0 Å². The van der Waals surface area contributed by atoms with Gasteiger partial charge in [-0.1, -0.05) is 25.1 Å². The molecule has 1 aliphatic heterocycles. The van der Waals surface area contributed by atoms with Gasteiger partial charge in [-0.3, -0.25) is 5.32 Å². The topological polar surface area (TPSA) is 89.9 Å². The normalized spacial score (nSPS) is 18.1. The van der Waals surface area contributed by atoms with Crippen LogP contribution in [0, 0.1) is 23.0 Å². The van der Waals surface area contributed by atoms with Gasteiger partial charge < -0.3 is 15.0 Å². The number of carbonyl (C=O) groups is 1. The zero-order chi connectivity index (χ0) is 25.6. The predicted octanol–water partition coefficient (Wildman–Crippen LogP) is 6.91. The number of rotatable bonds is 3. The molecule has 1 aromatic heterocycles. The van der Waals surface area contributed by atoms with Gasteiger partial charge in [0.15, 0.2) is 0 Å². The lowest BCUT2D eigenvalue weighted by Crippen LogP contribution is -2.52. The molecule has 2 heterocycles. The number of fused-ring (bicyclic) bond motifs is 2. The zero-order valence-corrected chi connectivity index (χ0v) is 19.9. The summed E-state index contributed by atoms with van der Waals surface area (Å²) in [5, 5.41) is 15.6. The summed E-state index contributed by atoms with van der Waals surface area (Å²) in [6.45, 7) is 5.39. The summed E-state index contributed by atoms with van der Waals surface area (Å²) < 4.78 is 37.2. The molecule has 1 amide bonds. The second kappa shape index (κ2) is 8.68. The summed E-state index contributed by atoms with van der Waals surface area (Å²) in [7, 11) is 0. The first-order valence-electron chi connectivity index (χ1n) is 11.5. The van der Waals surface area contributed by atoms with Crippen LogP contribution in [0.2, 0.25) is 0 Å². The van der Waals surface area contributed by atoms with Gasteiger partial charge >= 0.3 is 6.09 Å². The minimum atomic E-state index is -0.811. The molecular formula is C28H24F2N4O2. The van der Waals surface area contributed by atoms with Crippen molar-refractivity contribution in [2.75, 3.05) is 10.6 Å². The third-order valence-electron chi connectivity index (χ3n) is 6.68. The van der Waals surface area contributed by atoms with Gasteiger partial charge in [-0.2, -0.15) is 5.26 Å². The van der Waals surface area contributed by atoms with E-state index in [1.54, 1.807) is 49.5 Å². The van der Waals surface area contributed by atoms with Crippen molar-refractivity contribution in [3.63, 3.8) is 0 Å². The first-order valence-corrected chi connectivity index (χ1v) is 11.5. The first-order chi connectivity index (χ1) is 17.2. The minimum Gasteiger partial charge on any atom is -0.443 e. The van der Waals surface area contributed by atoms with E-state index in [0.717, 1.165) is 5.39 Å². The summed E-state index contributed by atoms with van der Waals surface area (Å²) in [6.07, 6.45) is 0.247. The quantitative estimate of drug-likeness (QED) is 0.294. The van der Waals surface area contributed by atoms with Crippen molar-refractivity contribution in [3.05, 3.63) is 83.6 Å². The molecule has 3 aromatic carbocycles. The monoisotopic (exact) mass is 486 g/mol. The lowest BCUT2D eigenvalue weighted by atomic mass is 9.77. The zero-order valence-electron chi connectivity index (χ0n) is 19.9. The van der Waals surface area contributed by atoms with Gasteiger partial charge in [0.25, 0.3) is 0 Å². The van der Waals surface area contributed by atoms with Gasteiger partial charge in [0.1, 0.15) is 17.7 Å². The standard InChI is InChI=1S/C28H24F2N4O2/c1-15-22-21(13-20(29)23(24(22)30)19-6-4-5-17-11-12-32-25(17)19)34-28(2,3)26(15)36-27(35)33-18-9-7-16(14-31)8-10-18/h4-13,15,26,32,34H,1-3H3,(H,33,35)/t15-,26?/m0/s1. The number of aromatic amines is 1. The first kappa shape index (κ1) is 23.4. The minimum absolute atomic E-state index is 0.129. The van der Waals surface area contributed by atoms with Crippen molar-refractivity contribution in [3.8, 4) is 17.2 Å². The Morgan fingerprint density at radius 2 is 1.89 bits per heavy atom. The number of nitriles is 1. The molecule has 0 saturated heterocycles. The Morgan fingerprint density at radius 1 is 1.14 bits per heavy atom. The van der Waals surface area contributed by atoms with Crippen LogP contribution < -0.4 is 10.6 Å². The van der Waals surface area contributed by atoms with E-state index in [1.807, 2.05) is 32.0 Å². The Kier molecular flexibility index (Phi) is 5.64. The Morgan fingerprint density at radius 3 is 2.61 bits per heavy atom. The van der Waals surface area contributed by atoms with E-state index in [0.29, 0.717) is 28.0 Å². The Bertz CT molecular complexity index is 1520. The molecule has 0 radical (unpaired) electrons. The molecule has 3 N–H and O–H groups in total. The fourth-order valence-electron chi connectivity index (χ4n) is 5.06. The van der Waals surface area contributed by atoms with E-state index in [9.17, 15) is 4.79 Å². The second-order valence-corrected chi connectivity index (χ2v) is 9.53. The van der Waals surface area contributed by atoms with Crippen LogP contribution in [0.5, 0.6) is 0 Å². The number of benzene rings is 3. The second-order valence-electron chi connectivity index (χ2n) is 9.53. The summed E-state index contributed by atoms with van der Waals surface area (Å²) in [5.74, 6) is -1.95. The molecule has 36 heavy (non-hydrogen) atoms. The average Bonchev–Trinajstić information content (AvgIpc) is 3.31. The molecule has 1 aliphatic rings. The van der Waals surface area contributed by atoms with Crippen molar-refractivity contribution in [2.45, 2.75) is 38.3 Å². The van der Waals surface area contributed by atoms with E-state index in [1.165, 1.54) is 6.07 Å². The highest BCUT2D eigenvalue weighted by Gasteiger charge is 2.45. The number of nitrogens with zero attached hydrogens (tertiary/aromatic N) is 1. The number of nitrogens with one attached hydrogen (secondary N) is 3. The van der Waals surface area contributed by atoms with Crippen molar-refractivity contribution in [2.24, 2.45) is 0 Å². The van der Waals surface area contributed by atoms with Gasteiger partial charge in [-0.15, -0.1) is 0 Å². The molecule has 8 heteroatoms. The third kappa shape index (κ3) is 3.93. The fraction of sp³-hybridized carbons (Fsp3) is 0.214. The van der Waals surface area contributed by atoms with Crippen molar-refractivity contribution < 1.29 is 18.3 Å². The van der Waals surface area contributed by atoms with Crippen molar-refractivity contribution in [1.82, 2.24) is 4.98 Å². The highest BCUT2D eigenvalue weighted by Crippen LogP contribution is 2.46. The smallest absolute Gasteiger partial charge is 0.411 e. The maximum absolute atomic E-state index is 16.1. The van der Waals surface area contributed by atoms with Gasteiger partial charge in [-0.05, 0) is 55.6 Å². The lowest BCUT2D eigenvalue weighted by Gasteiger charge is -2.44. The van der Waals surface area contributed by atoms with Crippen molar-refractivity contribution in [1.29, 1.82) is 5.26 Å².